The maximum atomic E-state index is 5.13. The van der Waals surface area contributed by atoms with Gasteiger partial charge in [0.1, 0.15) is 0 Å². The Morgan fingerprint density at radius 2 is 2.05 bits per heavy atom. The molecule has 1 aromatic carbocycles. The van der Waals surface area contributed by atoms with Gasteiger partial charge in [0.15, 0.2) is 0 Å². The van der Waals surface area contributed by atoms with Crippen LogP contribution in [0.5, 0.6) is 5.88 Å². The fourth-order valence-corrected chi connectivity index (χ4v) is 2.54. The molecule has 0 atom stereocenters. The van der Waals surface area contributed by atoms with Crippen LogP contribution in [-0.2, 0) is 19.4 Å². The zero-order chi connectivity index (χ0) is 13.1. The molecular formula is C16H18N2O. The third-order valence-corrected chi connectivity index (χ3v) is 3.56. The quantitative estimate of drug-likeness (QED) is 0.909. The molecule has 3 nitrogen and oxygen atoms in total. The highest BCUT2D eigenvalue weighted by molar-refractivity contribution is 5.50. The van der Waals surface area contributed by atoms with E-state index in [1.54, 1.807) is 7.11 Å². The second-order valence-corrected chi connectivity index (χ2v) is 4.86. The normalized spacial score (nSPS) is 13.1. The lowest BCUT2D eigenvalue weighted by Gasteiger charge is -2.09. The second-order valence-electron chi connectivity index (χ2n) is 4.86. The van der Waals surface area contributed by atoms with E-state index < -0.39 is 0 Å². The van der Waals surface area contributed by atoms with Gasteiger partial charge in [0.05, 0.1) is 19.3 Å². The first-order valence-corrected chi connectivity index (χ1v) is 6.71. The van der Waals surface area contributed by atoms with E-state index in [1.165, 1.54) is 36.1 Å². The minimum Gasteiger partial charge on any atom is -0.481 e. The summed E-state index contributed by atoms with van der Waals surface area (Å²) in [5.41, 5.74) is 5.15. The molecule has 0 radical (unpaired) electrons. The van der Waals surface area contributed by atoms with Crippen molar-refractivity contribution >= 4 is 5.69 Å². The summed E-state index contributed by atoms with van der Waals surface area (Å²) in [5.74, 6) is 0.660. The summed E-state index contributed by atoms with van der Waals surface area (Å²) in [4.78, 5) is 4.39. The summed E-state index contributed by atoms with van der Waals surface area (Å²) in [6.07, 6.45) is 3.73. The molecule has 19 heavy (non-hydrogen) atoms. The van der Waals surface area contributed by atoms with E-state index >= 15 is 0 Å². The van der Waals surface area contributed by atoms with Crippen LogP contribution in [0.4, 0.5) is 5.69 Å². The van der Waals surface area contributed by atoms with Crippen LogP contribution in [0.1, 0.15) is 23.2 Å². The Bertz CT molecular complexity index is 581. The molecule has 0 aliphatic heterocycles. The lowest BCUT2D eigenvalue weighted by atomic mass is 10.1. The summed E-state index contributed by atoms with van der Waals surface area (Å²) in [6, 6.07) is 12.5. The smallest absolute Gasteiger partial charge is 0.213 e. The zero-order valence-electron chi connectivity index (χ0n) is 11.1. The molecule has 1 heterocycles. The molecule has 1 N–H and O–H groups in total. The molecule has 0 unspecified atom stereocenters. The highest BCUT2D eigenvalue weighted by Crippen LogP contribution is 2.25. The molecule has 0 saturated heterocycles. The number of anilines is 1. The fourth-order valence-electron chi connectivity index (χ4n) is 2.54. The number of aryl methyl sites for hydroxylation is 2. The van der Waals surface area contributed by atoms with Crippen LogP contribution in [-0.4, -0.2) is 12.1 Å². The Morgan fingerprint density at radius 1 is 1.16 bits per heavy atom. The summed E-state index contributed by atoms with van der Waals surface area (Å²) < 4.78 is 5.13. The van der Waals surface area contributed by atoms with E-state index in [1.807, 2.05) is 18.2 Å². The third-order valence-electron chi connectivity index (χ3n) is 3.56. The number of aromatic nitrogens is 1. The molecule has 3 rings (SSSR count). The third kappa shape index (κ3) is 2.70. The van der Waals surface area contributed by atoms with Crippen molar-refractivity contribution < 1.29 is 4.74 Å². The number of hydrogen-bond donors (Lipinski definition) is 1. The highest BCUT2D eigenvalue weighted by atomic mass is 16.5. The zero-order valence-corrected chi connectivity index (χ0v) is 11.1. The van der Waals surface area contributed by atoms with Gasteiger partial charge in [-0.15, -0.1) is 0 Å². The van der Waals surface area contributed by atoms with E-state index in [0.717, 1.165) is 12.2 Å². The number of methoxy groups -OCH3 is 1. The largest absolute Gasteiger partial charge is 0.481 e. The first kappa shape index (κ1) is 12.0. The minimum atomic E-state index is 0.660. The molecule has 1 aliphatic carbocycles. The molecule has 2 aromatic rings. The van der Waals surface area contributed by atoms with Crippen LogP contribution in [0.25, 0.3) is 0 Å². The molecular weight excluding hydrogens is 236 g/mol. The van der Waals surface area contributed by atoms with Gasteiger partial charge in [0.25, 0.3) is 0 Å². The van der Waals surface area contributed by atoms with Crippen molar-refractivity contribution in [2.75, 3.05) is 12.4 Å². The van der Waals surface area contributed by atoms with Crippen molar-refractivity contribution in [3.8, 4) is 5.88 Å². The molecule has 0 saturated carbocycles. The average Bonchev–Trinajstić information content (AvgIpc) is 2.93. The Labute approximate surface area is 113 Å². The second kappa shape index (κ2) is 5.31. The lowest BCUT2D eigenvalue weighted by Crippen LogP contribution is -2.02. The van der Waals surface area contributed by atoms with Crippen molar-refractivity contribution in [1.29, 1.82) is 0 Å². The monoisotopic (exact) mass is 254 g/mol. The molecule has 0 fully saturated rings. The maximum Gasteiger partial charge on any atom is 0.213 e. The van der Waals surface area contributed by atoms with Gasteiger partial charge in [-0.2, -0.15) is 0 Å². The van der Waals surface area contributed by atoms with Crippen molar-refractivity contribution in [2.24, 2.45) is 0 Å². The first-order chi connectivity index (χ1) is 9.35. The highest BCUT2D eigenvalue weighted by Gasteiger charge is 2.10. The summed E-state index contributed by atoms with van der Waals surface area (Å²) in [5, 5.41) is 3.42. The lowest BCUT2D eigenvalue weighted by molar-refractivity contribution is 0.396. The Balaban J connectivity index is 1.68. The van der Waals surface area contributed by atoms with Crippen molar-refractivity contribution in [3.63, 3.8) is 0 Å². The molecule has 0 spiro atoms. The minimum absolute atomic E-state index is 0.660. The number of nitrogens with zero attached hydrogens (tertiary/aromatic N) is 1. The number of hydrogen-bond acceptors (Lipinski definition) is 3. The van der Waals surface area contributed by atoms with Crippen molar-refractivity contribution in [2.45, 2.75) is 25.8 Å². The van der Waals surface area contributed by atoms with Gasteiger partial charge in [-0.1, -0.05) is 12.1 Å². The molecule has 1 aliphatic rings. The van der Waals surface area contributed by atoms with Gasteiger partial charge in [0, 0.05) is 11.8 Å². The fraction of sp³-hybridized carbons (Fsp3) is 0.312. The van der Waals surface area contributed by atoms with E-state index in [4.69, 9.17) is 4.74 Å². The van der Waals surface area contributed by atoms with Gasteiger partial charge >= 0.3 is 0 Å². The topological polar surface area (TPSA) is 34.1 Å². The van der Waals surface area contributed by atoms with Crippen LogP contribution in [0.15, 0.2) is 36.4 Å². The summed E-state index contributed by atoms with van der Waals surface area (Å²) in [6.45, 7) is 0.718. The maximum absolute atomic E-state index is 5.13. The number of ether oxygens (including phenoxy) is 1. The summed E-state index contributed by atoms with van der Waals surface area (Å²) in [7, 11) is 1.64. The van der Waals surface area contributed by atoms with E-state index in [-0.39, 0.29) is 0 Å². The Hall–Kier alpha value is -2.03. The molecule has 0 bridgehead atoms. The van der Waals surface area contributed by atoms with Crippen molar-refractivity contribution in [1.82, 2.24) is 4.98 Å². The SMILES string of the molecule is COc1cccc(CNc2ccc3c(c2)CCC3)n1. The van der Waals surface area contributed by atoms with Crippen LogP contribution in [0, 0.1) is 0 Å². The molecule has 1 aromatic heterocycles. The van der Waals surface area contributed by atoms with E-state index in [0.29, 0.717) is 5.88 Å². The van der Waals surface area contributed by atoms with Crippen molar-refractivity contribution in [3.05, 3.63) is 53.2 Å². The standard InChI is InChI=1S/C16H18N2O/c1-19-16-7-3-6-15(18-16)11-17-14-9-8-12-4-2-5-13(12)10-14/h3,6-10,17H,2,4-5,11H2,1H3. The van der Waals surface area contributed by atoms with Gasteiger partial charge in [-0.3, -0.25) is 0 Å². The molecule has 98 valence electrons. The number of pyridine rings is 1. The summed E-state index contributed by atoms with van der Waals surface area (Å²) >= 11 is 0. The number of nitrogens with one attached hydrogen (secondary N) is 1. The van der Waals surface area contributed by atoms with Gasteiger partial charge in [-0.25, -0.2) is 4.98 Å². The molecule has 0 amide bonds. The van der Waals surface area contributed by atoms with Crippen LogP contribution >= 0.6 is 0 Å². The number of fused-ring (bicyclic) bond motifs is 1. The van der Waals surface area contributed by atoms with E-state index in [9.17, 15) is 0 Å². The van der Waals surface area contributed by atoms with Gasteiger partial charge < -0.3 is 10.1 Å². The van der Waals surface area contributed by atoms with Crippen LogP contribution in [0.3, 0.4) is 0 Å². The van der Waals surface area contributed by atoms with Crippen LogP contribution < -0.4 is 10.1 Å². The number of benzene rings is 1. The van der Waals surface area contributed by atoms with Gasteiger partial charge in [-0.05, 0) is 48.6 Å². The first-order valence-electron chi connectivity index (χ1n) is 6.71. The predicted molar refractivity (Wildman–Crippen MR) is 76.6 cm³/mol. The van der Waals surface area contributed by atoms with Crippen LogP contribution in [0.2, 0.25) is 0 Å². The Kier molecular flexibility index (Phi) is 3.36. The molecule has 3 heteroatoms. The average molecular weight is 254 g/mol. The predicted octanol–water partition coefficient (Wildman–Crippen LogP) is 3.19. The van der Waals surface area contributed by atoms with Gasteiger partial charge in [0.2, 0.25) is 5.88 Å². The van der Waals surface area contributed by atoms with E-state index in [2.05, 4.69) is 28.5 Å². The Morgan fingerprint density at radius 3 is 2.95 bits per heavy atom. The number of rotatable bonds is 4.